The summed E-state index contributed by atoms with van der Waals surface area (Å²) in [4.78, 5) is 26.4. The normalized spacial score (nSPS) is 21.4. The van der Waals surface area contributed by atoms with Gasteiger partial charge < -0.3 is 10.2 Å². The van der Waals surface area contributed by atoms with E-state index in [9.17, 15) is 9.59 Å². The number of unbranched alkanes of at least 4 members (excludes halogenated alkanes) is 1. The maximum absolute atomic E-state index is 12.7. The van der Waals surface area contributed by atoms with Crippen LogP contribution in [0.25, 0.3) is 0 Å². The molecule has 1 heterocycles. The summed E-state index contributed by atoms with van der Waals surface area (Å²) in [5.74, 6) is 1.09. The molecule has 4 nitrogen and oxygen atoms in total. The Morgan fingerprint density at radius 1 is 1.29 bits per heavy atom. The van der Waals surface area contributed by atoms with Crippen molar-refractivity contribution < 1.29 is 9.59 Å². The highest BCUT2D eigenvalue weighted by atomic mass is 16.2. The van der Waals surface area contributed by atoms with Crippen molar-refractivity contribution in [3.63, 3.8) is 0 Å². The second-order valence-electron chi connectivity index (χ2n) is 6.70. The zero-order chi connectivity index (χ0) is 15.8. The summed E-state index contributed by atoms with van der Waals surface area (Å²) < 4.78 is 0. The van der Waals surface area contributed by atoms with Crippen molar-refractivity contribution in [2.24, 2.45) is 11.8 Å². The molecule has 0 aromatic carbocycles. The third kappa shape index (κ3) is 6.06. The molecule has 0 aromatic rings. The van der Waals surface area contributed by atoms with Crippen LogP contribution in [0, 0.1) is 11.8 Å². The summed E-state index contributed by atoms with van der Waals surface area (Å²) in [6.07, 6.45) is 5.85. The molecular weight excluding hydrogens is 264 g/mol. The number of hydrogen-bond acceptors (Lipinski definition) is 2. The number of nitrogens with one attached hydrogen (secondary N) is 1. The molecule has 2 amide bonds. The maximum Gasteiger partial charge on any atom is 0.245 e. The Morgan fingerprint density at radius 3 is 2.57 bits per heavy atom. The van der Waals surface area contributed by atoms with Gasteiger partial charge in [-0.2, -0.15) is 0 Å². The summed E-state index contributed by atoms with van der Waals surface area (Å²) in [6.45, 7) is 9.94. The zero-order valence-corrected chi connectivity index (χ0v) is 14.2. The van der Waals surface area contributed by atoms with Crippen LogP contribution >= 0.6 is 0 Å². The maximum atomic E-state index is 12.7. The molecular formula is C17H32N2O2. The van der Waals surface area contributed by atoms with Crippen LogP contribution in [0.4, 0.5) is 0 Å². The van der Waals surface area contributed by atoms with Gasteiger partial charge in [0.1, 0.15) is 6.04 Å². The van der Waals surface area contributed by atoms with Crippen LogP contribution in [0.1, 0.15) is 66.2 Å². The quantitative estimate of drug-likeness (QED) is 0.748. The Hall–Kier alpha value is -1.06. The summed E-state index contributed by atoms with van der Waals surface area (Å²) in [7, 11) is 0. The Balaban J connectivity index is 2.69. The van der Waals surface area contributed by atoms with Crippen molar-refractivity contribution in [3.8, 4) is 0 Å². The molecule has 0 bridgehead atoms. The summed E-state index contributed by atoms with van der Waals surface area (Å²) in [5.41, 5.74) is 0. The Bertz CT molecular complexity index is 342. The van der Waals surface area contributed by atoms with Gasteiger partial charge >= 0.3 is 0 Å². The molecule has 1 fully saturated rings. The number of carbonyl (C=O) groups is 2. The van der Waals surface area contributed by atoms with E-state index in [1.165, 1.54) is 19.3 Å². The first-order valence-electron chi connectivity index (χ1n) is 8.56. The van der Waals surface area contributed by atoms with Crippen LogP contribution in [0.5, 0.6) is 0 Å². The summed E-state index contributed by atoms with van der Waals surface area (Å²) in [6, 6.07) is -0.330. The first-order valence-corrected chi connectivity index (χ1v) is 8.56. The van der Waals surface area contributed by atoms with E-state index in [2.05, 4.69) is 33.0 Å². The third-order valence-electron chi connectivity index (χ3n) is 4.28. The van der Waals surface area contributed by atoms with E-state index in [1.54, 1.807) is 0 Å². The summed E-state index contributed by atoms with van der Waals surface area (Å²) >= 11 is 0. The highest BCUT2D eigenvalue weighted by Crippen LogP contribution is 2.18. The van der Waals surface area contributed by atoms with Gasteiger partial charge in [0.2, 0.25) is 11.8 Å². The van der Waals surface area contributed by atoms with Gasteiger partial charge in [-0.1, -0.05) is 47.0 Å². The molecule has 0 radical (unpaired) electrons. The van der Waals surface area contributed by atoms with E-state index in [4.69, 9.17) is 0 Å². The van der Waals surface area contributed by atoms with Gasteiger partial charge in [0.05, 0.1) is 0 Å². The number of hydrogen-bond donors (Lipinski definition) is 1. The SMILES string of the molecule is CCCCC(CC)CN1CCC(=O)NC(CC(C)C)C1=O. The molecule has 1 aliphatic heterocycles. The van der Waals surface area contributed by atoms with Crippen LogP contribution in [0.2, 0.25) is 0 Å². The van der Waals surface area contributed by atoms with Crippen molar-refractivity contribution in [1.82, 2.24) is 10.2 Å². The molecule has 122 valence electrons. The average molecular weight is 296 g/mol. The van der Waals surface area contributed by atoms with Crippen molar-refractivity contribution in [3.05, 3.63) is 0 Å². The summed E-state index contributed by atoms with van der Waals surface area (Å²) in [5, 5.41) is 2.89. The molecule has 0 aliphatic carbocycles. The number of carbonyl (C=O) groups excluding carboxylic acids is 2. The lowest BCUT2D eigenvalue weighted by molar-refractivity contribution is -0.134. The van der Waals surface area contributed by atoms with Crippen molar-refractivity contribution in [1.29, 1.82) is 0 Å². The monoisotopic (exact) mass is 296 g/mol. The molecule has 1 aliphatic rings. The first kappa shape index (κ1) is 18.0. The molecule has 1 rings (SSSR count). The van der Waals surface area contributed by atoms with E-state index >= 15 is 0 Å². The van der Waals surface area contributed by atoms with E-state index < -0.39 is 0 Å². The number of amides is 2. The van der Waals surface area contributed by atoms with Gasteiger partial charge in [-0.3, -0.25) is 9.59 Å². The predicted octanol–water partition coefficient (Wildman–Crippen LogP) is 2.97. The molecule has 0 aromatic heterocycles. The Morgan fingerprint density at radius 2 is 2.00 bits per heavy atom. The highest BCUT2D eigenvalue weighted by Gasteiger charge is 2.31. The minimum atomic E-state index is -0.330. The molecule has 0 spiro atoms. The van der Waals surface area contributed by atoms with Gasteiger partial charge in [0.25, 0.3) is 0 Å². The van der Waals surface area contributed by atoms with Gasteiger partial charge in [-0.15, -0.1) is 0 Å². The second kappa shape index (κ2) is 9.06. The third-order valence-corrected chi connectivity index (χ3v) is 4.28. The van der Waals surface area contributed by atoms with Crippen LogP contribution in [0.3, 0.4) is 0 Å². The molecule has 21 heavy (non-hydrogen) atoms. The van der Waals surface area contributed by atoms with Gasteiger partial charge in [-0.05, 0) is 24.7 Å². The Kier molecular flexibility index (Phi) is 7.76. The fourth-order valence-corrected chi connectivity index (χ4v) is 2.94. The minimum Gasteiger partial charge on any atom is -0.344 e. The molecule has 2 unspecified atom stereocenters. The fourth-order valence-electron chi connectivity index (χ4n) is 2.94. The lowest BCUT2D eigenvalue weighted by Crippen LogP contribution is -2.46. The zero-order valence-electron chi connectivity index (χ0n) is 14.2. The molecule has 4 heteroatoms. The molecule has 1 N–H and O–H groups in total. The highest BCUT2D eigenvalue weighted by molar-refractivity contribution is 5.89. The van der Waals surface area contributed by atoms with Crippen LogP contribution < -0.4 is 5.32 Å². The second-order valence-corrected chi connectivity index (χ2v) is 6.70. The standard InChI is InChI=1S/C17H32N2O2/c1-5-7-8-14(6-2)12-19-10-9-16(20)18-15(17(19)21)11-13(3)4/h13-15H,5-12H2,1-4H3,(H,18,20). The lowest BCUT2D eigenvalue weighted by Gasteiger charge is -2.28. The van der Waals surface area contributed by atoms with Crippen molar-refractivity contribution in [2.45, 2.75) is 72.3 Å². The van der Waals surface area contributed by atoms with Gasteiger partial charge in [0, 0.05) is 19.5 Å². The minimum absolute atomic E-state index is 0.0121. The Labute approximate surface area is 129 Å². The van der Waals surface area contributed by atoms with Crippen LogP contribution in [-0.2, 0) is 9.59 Å². The predicted molar refractivity (Wildman–Crippen MR) is 85.9 cm³/mol. The number of rotatable bonds is 8. The van der Waals surface area contributed by atoms with Gasteiger partial charge in [0.15, 0.2) is 0 Å². The average Bonchev–Trinajstić information content (AvgIpc) is 2.56. The van der Waals surface area contributed by atoms with Crippen molar-refractivity contribution >= 4 is 11.8 Å². The van der Waals surface area contributed by atoms with Gasteiger partial charge in [-0.25, -0.2) is 0 Å². The molecule has 1 saturated heterocycles. The lowest BCUT2D eigenvalue weighted by atomic mass is 9.97. The van der Waals surface area contributed by atoms with Crippen LogP contribution in [0.15, 0.2) is 0 Å². The van der Waals surface area contributed by atoms with E-state index in [1.807, 2.05) is 4.90 Å². The molecule has 0 saturated carbocycles. The number of nitrogens with zero attached hydrogens (tertiary/aromatic N) is 1. The van der Waals surface area contributed by atoms with E-state index in [-0.39, 0.29) is 17.9 Å². The fraction of sp³-hybridized carbons (Fsp3) is 0.882. The molecule has 2 atom stereocenters. The largest absolute Gasteiger partial charge is 0.344 e. The van der Waals surface area contributed by atoms with Crippen LogP contribution in [-0.4, -0.2) is 35.8 Å². The topological polar surface area (TPSA) is 49.4 Å². The first-order chi connectivity index (χ1) is 9.97. The van der Waals surface area contributed by atoms with E-state index in [0.29, 0.717) is 24.8 Å². The van der Waals surface area contributed by atoms with Crippen molar-refractivity contribution in [2.75, 3.05) is 13.1 Å². The van der Waals surface area contributed by atoms with E-state index in [0.717, 1.165) is 19.4 Å². The smallest absolute Gasteiger partial charge is 0.245 e.